The second-order valence-electron chi connectivity index (χ2n) is 5.18. The standard InChI is InChI=1S/C13H22O4/c1-15-10-12(14)8-11-2-5-17-13(9-11)3-6-16-7-4-13/h11H,2-10H2,1H3. The molecule has 2 aliphatic rings. The van der Waals surface area contributed by atoms with Gasteiger partial charge in [0.05, 0.1) is 5.60 Å². The molecule has 98 valence electrons. The first-order valence-corrected chi connectivity index (χ1v) is 6.46. The number of hydrogen-bond donors (Lipinski definition) is 0. The second kappa shape index (κ2) is 5.94. The summed E-state index contributed by atoms with van der Waals surface area (Å²) in [6.07, 6.45) is 4.59. The molecule has 2 rings (SSSR count). The summed E-state index contributed by atoms with van der Waals surface area (Å²) in [6.45, 7) is 2.61. The maximum atomic E-state index is 11.6. The fraction of sp³-hybridized carbons (Fsp3) is 0.923. The van der Waals surface area contributed by atoms with Gasteiger partial charge in [0, 0.05) is 33.4 Å². The quantitative estimate of drug-likeness (QED) is 0.750. The molecule has 0 amide bonds. The van der Waals surface area contributed by atoms with Gasteiger partial charge in [0.15, 0.2) is 5.78 Å². The highest BCUT2D eigenvalue weighted by Gasteiger charge is 2.39. The van der Waals surface area contributed by atoms with E-state index in [0.717, 1.165) is 45.5 Å². The van der Waals surface area contributed by atoms with Gasteiger partial charge in [-0.3, -0.25) is 4.79 Å². The Balaban J connectivity index is 1.85. The van der Waals surface area contributed by atoms with Gasteiger partial charge in [-0.2, -0.15) is 0 Å². The summed E-state index contributed by atoms with van der Waals surface area (Å²) in [4.78, 5) is 11.6. The molecule has 4 nitrogen and oxygen atoms in total. The summed E-state index contributed by atoms with van der Waals surface area (Å²) >= 11 is 0. The maximum absolute atomic E-state index is 11.6. The number of carbonyl (C=O) groups excluding carboxylic acids is 1. The number of Topliss-reactive ketones (excluding diaryl/α,β-unsaturated/α-hetero) is 1. The van der Waals surface area contributed by atoms with Crippen molar-refractivity contribution in [3.8, 4) is 0 Å². The highest BCUT2D eigenvalue weighted by molar-refractivity contribution is 5.79. The first-order chi connectivity index (χ1) is 8.24. The van der Waals surface area contributed by atoms with Crippen molar-refractivity contribution in [2.24, 2.45) is 5.92 Å². The summed E-state index contributed by atoms with van der Waals surface area (Å²) in [7, 11) is 1.57. The van der Waals surface area contributed by atoms with Gasteiger partial charge in [0.1, 0.15) is 6.61 Å². The van der Waals surface area contributed by atoms with E-state index in [1.54, 1.807) is 7.11 Å². The van der Waals surface area contributed by atoms with Gasteiger partial charge in [-0.05, 0) is 31.6 Å². The molecular formula is C13H22O4. The van der Waals surface area contributed by atoms with Crippen molar-refractivity contribution < 1.29 is 19.0 Å². The van der Waals surface area contributed by atoms with E-state index in [4.69, 9.17) is 14.2 Å². The van der Waals surface area contributed by atoms with E-state index in [1.807, 2.05) is 0 Å². The summed E-state index contributed by atoms with van der Waals surface area (Å²) in [5.74, 6) is 0.672. The molecule has 4 heteroatoms. The first kappa shape index (κ1) is 13.0. The molecule has 2 saturated heterocycles. The van der Waals surface area contributed by atoms with Crippen molar-refractivity contribution in [3.63, 3.8) is 0 Å². The molecule has 0 aromatic heterocycles. The average Bonchev–Trinajstić information content (AvgIpc) is 2.30. The van der Waals surface area contributed by atoms with Gasteiger partial charge >= 0.3 is 0 Å². The Bertz CT molecular complexity index is 253. The zero-order valence-electron chi connectivity index (χ0n) is 10.6. The molecule has 2 fully saturated rings. The van der Waals surface area contributed by atoms with E-state index in [9.17, 15) is 4.79 Å². The lowest BCUT2D eigenvalue weighted by Crippen LogP contribution is -2.44. The molecule has 0 aromatic rings. The Morgan fingerprint density at radius 2 is 2.12 bits per heavy atom. The first-order valence-electron chi connectivity index (χ1n) is 6.46. The smallest absolute Gasteiger partial charge is 0.158 e. The molecular weight excluding hydrogens is 220 g/mol. The van der Waals surface area contributed by atoms with Crippen LogP contribution in [0, 0.1) is 5.92 Å². The molecule has 1 atom stereocenters. The minimum atomic E-state index is -0.00544. The summed E-state index contributed by atoms with van der Waals surface area (Å²) in [5, 5.41) is 0. The fourth-order valence-corrected chi connectivity index (χ4v) is 2.94. The Hall–Kier alpha value is -0.450. The highest BCUT2D eigenvalue weighted by Crippen LogP contribution is 2.38. The van der Waals surface area contributed by atoms with Crippen molar-refractivity contribution in [1.82, 2.24) is 0 Å². The topological polar surface area (TPSA) is 44.8 Å². The van der Waals surface area contributed by atoms with Gasteiger partial charge in [0.25, 0.3) is 0 Å². The lowest BCUT2D eigenvalue weighted by molar-refractivity contribution is -0.150. The van der Waals surface area contributed by atoms with E-state index in [2.05, 4.69) is 0 Å². The number of rotatable bonds is 4. The number of ether oxygens (including phenoxy) is 3. The van der Waals surface area contributed by atoms with Crippen LogP contribution in [0.3, 0.4) is 0 Å². The predicted molar refractivity (Wildman–Crippen MR) is 63.0 cm³/mol. The molecule has 0 radical (unpaired) electrons. The van der Waals surface area contributed by atoms with Crippen LogP contribution in [-0.2, 0) is 19.0 Å². The van der Waals surface area contributed by atoms with E-state index >= 15 is 0 Å². The van der Waals surface area contributed by atoms with Crippen molar-refractivity contribution in [1.29, 1.82) is 0 Å². The third-order valence-corrected chi connectivity index (χ3v) is 3.82. The second-order valence-corrected chi connectivity index (χ2v) is 5.18. The minimum absolute atomic E-state index is 0.00544. The monoisotopic (exact) mass is 242 g/mol. The molecule has 0 aliphatic carbocycles. The molecule has 2 heterocycles. The number of methoxy groups -OCH3 is 1. The zero-order chi connectivity index (χ0) is 12.1. The van der Waals surface area contributed by atoms with Crippen LogP contribution in [0.5, 0.6) is 0 Å². The van der Waals surface area contributed by atoms with Gasteiger partial charge in [-0.1, -0.05) is 0 Å². The Kier molecular flexibility index (Phi) is 4.54. The molecule has 17 heavy (non-hydrogen) atoms. The van der Waals surface area contributed by atoms with Crippen LogP contribution < -0.4 is 0 Å². The number of ketones is 1. The van der Waals surface area contributed by atoms with Crippen LogP contribution in [0.15, 0.2) is 0 Å². The van der Waals surface area contributed by atoms with Crippen molar-refractivity contribution >= 4 is 5.78 Å². The number of carbonyl (C=O) groups is 1. The molecule has 1 unspecified atom stereocenters. The van der Waals surface area contributed by atoms with Crippen molar-refractivity contribution in [3.05, 3.63) is 0 Å². The third kappa shape index (κ3) is 3.50. The van der Waals surface area contributed by atoms with Gasteiger partial charge in [-0.15, -0.1) is 0 Å². The largest absolute Gasteiger partial charge is 0.381 e. The van der Waals surface area contributed by atoms with Gasteiger partial charge in [0.2, 0.25) is 0 Å². The average molecular weight is 242 g/mol. The van der Waals surface area contributed by atoms with Crippen LogP contribution >= 0.6 is 0 Å². The van der Waals surface area contributed by atoms with Crippen molar-refractivity contribution in [2.75, 3.05) is 33.5 Å². The normalized spacial score (nSPS) is 28.2. The lowest BCUT2D eigenvalue weighted by Gasteiger charge is -2.43. The van der Waals surface area contributed by atoms with Crippen molar-refractivity contribution in [2.45, 2.75) is 37.7 Å². The molecule has 1 spiro atoms. The van der Waals surface area contributed by atoms with E-state index in [-0.39, 0.29) is 18.0 Å². The summed E-state index contributed by atoms with van der Waals surface area (Å²) < 4.78 is 16.2. The van der Waals surface area contributed by atoms with Crippen LogP contribution in [0.1, 0.15) is 32.1 Å². The molecule has 0 N–H and O–H groups in total. The summed E-state index contributed by atoms with van der Waals surface area (Å²) in [5.41, 5.74) is -0.00544. The van der Waals surface area contributed by atoms with Crippen LogP contribution in [-0.4, -0.2) is 44.9 Å². The Morgan fingerprint density at radius 1 is 1.35 bits per heavy atom. The Labute approximate surface area is 103 Å². The Morgan fingerprint density at radius 3 is 2.82 bits per heavy atom. The maximum Gasteiger partial charge on any atom is 0.158 e. The molecule has 2 aliphatic heterocycles. The molecule has 0 bridgehead atoms. The van der Waals surface area contributed by atoms with Crippen LogP contribution in [0.2, 0.25) is 0 Å². The van der Waals surface area contributed by atoms with Gasteiger partial charge in [-0.25, -0.2) is 0 Å². The van der Waals surface area contributed by atoms with Crippen LogP contribution in [0.4, 0.5) is 0 Å². The SMILES string of the molecule is COCC(=O)CC1CCOC2(CCOCC2)C1. The van der Waals surface area contributed by atoms with Crippen LogP contribution in [0.25, 0.3) is 0 Å². The van der Waals surface area contributed by atoms with Gasteiger partial charge < -0.3 is 14.2 Å². The zero-order valence-corrected chi connectivity index (χ0v) is 10.6. The van der Waals surface area contributed by atoms with E-state index in [1.165, 1.54) is 0 Å². The minimum Gasteiger partial charge on any atom is -0.381 e. The lowest BCUT2D eigenvalue weighted by atomic mass is 9.79. The summed E-state index contributed by atoms with van der Waals surface area (Å²) in [6, 6.07) is 0. The fourth-order valence-electron chi connectivity index (χ4n) is 2.94. The molecule has 0 aromatic carbocycles. The highest BCUT2D eigenvalue weighted by atomic mass is 16.5. The third-order valence-electron chi connectivity index (χ3n) is 3.82. The molecule has 0 saturated carbocycles. The predicted octanol–water partition coefficient (Wildman–Crippen LogP) is 1.57. The van der Waals surface area contributed by atoms with E-state index < -0.39 is 0 Å². The number of hydrogen-bond acceptors (Lipinski definition) is 4. The van der Waals surface area contributed by atoms with E-state index in [0.29, 0.717) is 12.3 Å².